The molecule has 1 aliphatic heterocycles. The van der Waals surface area contributed by atoms with Gasteiger partial charge in [0.2, 0.25) is 0 Å². The molecule has 1 unspecified atom stereocenters. The lowest BCUT2D eigenvalue weighted by Crippen LogP contribution is -2.20. The number of hydrogen-bond donors (Lipinski definition) is 0. The van der Waals surface area contributed by atoms with Crippen LogP contribution in [-0.4, -0.2) is 26.7 Å². The van der Waals surface area contributed by atoms with Crippen molar-refractivity contribution in [3.05, 3.63) is 76.5 Å². The van der Waals surface area contributed by atoms with Gasteiger partial charge in [0, 0.05) is 5.02 Å². The quantitative estimate of drug-likeness (QED) is 0.447. The maximum Gasteiger partial charge on any atom is 0.343 e. The first-order valence-corrected chi connectivity index (χ1v) is 11.4. The van der Waals surface area contributed by atoms with E-state index in [1.807, 2.05) is 13.0 Å². The van der Waals surface area contributed by atoms with Crippen LogP contribution in [0, 0.1) is 0 Å². The molecule has 1 atom stereocenters. The molecule has 3 rings (SSSR count). The van der Waals surface area contributed by atoms with Crippen LogP contribution in [0.2, 0.25) is 5.02 Å². The molecule has 6 nitrogen and oxygen atoms in total. The highest BCUT2D eigenvalue weighted by molar-refractivity contribution is 7.90. The second-order valence-electron chi connectivity index (χ2n) is 6.73. The summed E-state index contributed by atoms with van der Waals surface area (Å²) in [5.74, 6) is -0.375. The molecule has 0 N–H and O–H groups in total. The number of ether oxygens (including phenoxy) is 2. The zero-order valence-electron chi connectivity index (χ0n) is 16.7. The molecule has 2 aromatic rings. The summed E-state index contributed by atoms with van der Waals surface area (Å²) in [6.45, 7) is 3.82. The van der Waals surface area contributed by atoms with Crippen LogP contribution in [0.1, 0.15) is 38.4 Å². The minimum Gasteiger partial charge on any atom is -0.483 e. The molecule has 1 aliphatic rings. The molecule has 0 fully saturated rings. The summed E-state index contributed by atoms with van der Waals surface area (Å²) in [6, 6.07) is 14.7. The molecule has 0 spiro atoms. The molecule has 0 saturated carbocycles. The predicted octanol–water partition coefficient (Wildman–Crippen LogP) is 4.86. The fraction of sp³-hybridized carbons (Fsp3) is 0.273. The van der Waals surface area contributed by atoms with Crippen molar-refractivity contribution in [2.24, 2.45) is 4.40 Å². The number of allylic oxidation sites excluding steroid dienone is 1. The van der Waals surface area contributed by atoms with Crippen molar-refractivity contribution in [3.8, 4) is 0 Å². The molecular formula is C22H22ClNO5S. The summed E-state index contributed by atoms with van der Waals surface area (Å²) in [7, 11) is -4.11. The van der Waals surface area contributed by atoms with Crippen LogP contribution in [0.5, 0.6) is 0 Å². The summed E-state index contributed by atoms with van der Waals surface area (Å²) in [6.07, 6.45) is 0.735. The Bertz CT molecular complexity index is 1080. The zero-order chi connectivity index (χ0) is 21.7. The number of unbranched alkanes of at least 4 members (excludes halogenated alkanes) is 1. The minimum absolute atomic E-state index is 0.00940. The van der Waals surface area contributed by atoms with E-state index in [1.165, 1.54) is 24.3 Å². The number of rotatable bonds is 7. The third-order valence-corrected chi connectivity index (χ3v) is 6.08. The number of carbonyl (C=O) groups excluding carboxylic acids is 1. The van der Waals surface area contributed by atoms with Gasteiger partial charge in [-0.15, -0.1) is 0 Å². The van der Waals surface area contributed by atoms with E-state index in [4.69, 9.17) is 21.1 Å². The van der Waals surface area contributed by atoms with E-state index in [9.17, 15) is 13.2 Å². The number of halogens is 1. The Kier molecular flexibility index (Phi) is 6.95. The van der Waals surface area contributed by atoms with Crippen molar-refractivity contribution >= 4 is 33.3 Å². The van der Waals surface area contributed by atoms with E-state index in [0.29, 0.717) is 17.0 Å². The summed E-state index contributed by atoms with van der Waals surface area (Å²) < 4.78 is 41.1. The Labute approximate surface area is 181 Å². The van der Waals surface area contributed by atoms with Crippen molar-refractivity contribution < 1.29 is 22.7 Å². The topological polar surface area (TPSA) is 82.0 Å². The largest absolute Gasteiger partial charge is 0.483 e. The Hall–Kier alpha value is -2.64. The van der Waals surface area contributed by atoms with E-state index in [-0.39, 0.29) is 28.5 Å². The van der Waals surface area contributed by atoms with Crippen LogP contribution in [0.25, 0.3) is 0 Å². The van der Waals surface area contributed by atoms with Gasteiger partial charge in [-0.05, 0) is 43.2 Å². The van der Waals surface area contributed by atoms with Crippen LogP contribution in [0.4, 0.5) is 0 Å². The number of benzene rings is 2. The molecule has 1 heterocycles. The molecule has 0 radical (unpaired) electrons. The van der Waals surface area contributed by atoms with Gasteiger partial charge in [0.05, 0.1) is 11.5 Å². The summed E-state index contributed by atoms with van der Waals surface area (Å²) in [4.78, 5) is 12.7. The Balaban J connectivity index is 2.05. The Morgan fingerprint density at radius 1 is 1.13 bits per heavy atom. The first kappa shape index (κ1) is 22.1. The molecule has 158 valence electrons. The highest BCUT2D eigenvalue weighted by atomic mass is 35.5. The second-order valence-corrected chi connectivity index (χ2v) is 8.78. The molecule has 8 heteroatoms. The number of sulfonamides is 1. The van der Waals surface area contributed by atoms with E-state index in [2.05, 4.69) is 4.40 Å². The van der Waals surface area contributed by atoms with E-state index in [0.717, 1.165) is 6.42 Å². The normalized spacial score (nSPS) is 17.8. The molecule has 0 aromatic heterocycles. The Morgan fingerprint density at radius 2 is 1.80 bits per heavy atom. The first-order valence-electron chi connectivity index (χ1n) is 9.54. The highest BCUT2D eigenvalue weighted by Gasteiger charge is 2.38. The summed E-state index contributed by atoms with van der Waals surface area (Å²) in [5.41, 5.74) is 0.728. The predicted molar refractivity (Wildman–Crippen MR) is 115 cm³/mol. The van der Waals surface area contributed by atoms with Gasteiger partial charge in [0.1, 0.15) is 17.0 Å². The van der Waals surface area contributed by atoms with Gasteiger partial charge < -0.3 is 9.47 Å². The molecule has 2 aromatic carbocycles. The third-order valence-electron chi connectivity index (χ3n) is 4.52. The van der Waals surface area contributed by atoms with Crippen LogP contribution < -0.4 is 0 Å². The third kappa shape index (κ3) is 4.91. The van der Waals surface area contributed by atoms with Gasteiger partial charge in [0.15, 0.2) is 6.10 Å². The lowest BCUT2D eigenvalue weighted by atomic mass is 10.0. The number of nitrogens with zero attached hydrogens (tertiary/aromatic N) is 1. The van der Waals surface area contributed by atoms with Crippen LogP contribution in [0.3, 0.4) is 0 Å². The summed E-state index contributed by atoms with van der Waals surface area (Å²) in [5, 5.41) is 0.406. The lowest BCUT2D eigenvalue weighted by Gasteiger charge is -2.14. The molecule has 0 amide bonds. The average Bonchev–Trinajstić information content (AvgIpc) is 3.04. The van der Waals surface area contributed by atoms with Crippen LogP contribution in [0.15, 0.2) is 75.2 Å². The van der Waals surface area contributed by atoms with E-state index in [1.54, 1.807) is 31.2 Å². The fourth-order valence-electron chi connectivity index (χ4n) is 2.97. The SMILES string of the molecule is CCCCOC(=O)C1=C(C)OC(c2ccccc2)/C1=N\S(=O)(=O)c1ccc(Cl)cc1. The Morgan fingerprint density at radius 3 is 2.43 bits per heavy atom. The average molecular weight is 448 g/mol. The van der Waals surface area contributed by atoms with Crippen molar-refractivity contribution in [3.63, 3.8) is 0 Å². The van der Waals surface area contributed by atoms with E-state index >= 15 is 0 Å². The van der Waals surface area contributed by atoms with Crippen molar-refractivity contribution in [1.82, 2.24) is 0 Å². The van der Waals surface area contributed by atoms with Gasteiger partial charge in [-0.2, -0.15) is 12.8 Å². The van der Waals surface area contributed by atoms with E-state index < -0.39 is 22.1 Å². The molecule has 0 bridgehead atoms. The fourth-order valence-corrected chi connectivity index (χ4v) is 4.13. The molecular weight excluding hydrogens is 426 g/mol. The minimum atomic E-state index is -4.11. The number of esters is 1. The molecule has 0 aliphatic carbocycles. The maximum atomic E-state index is 13.0. The van der Waals surface area contributed by atoms with Crippen molar-refractivity contribution in [1.29, 1.82) is 0 Å². The van der Waals surface area contributed by atoms with Crippen molar-refractivity contribution in [2.75, 3.05) is 6.61 Å². The molecule has 0 saturated heterocycles. The van der Waals surface area contributed by atoms with Gasteiger partial charge in [0.25, 0.3) is 10.0 Å². The van der Waals surface area contributed by atoms with Gasteiger partial charge >= 0.3 is 5.97 Å². The van der Waals surface area contributed by atoms with Crippen molar-refractivity contribution in [2.45, 2.75) is 37.7 Å². The van der Waals surface area contributed by atoms with Gasteiger partial charge in [-0.25, -0.2) is 4.79 Å². The van der Waals surface area contributed by atoms with Crippen LogP contribution in [-0.2, 0) is 24.3 Å². The summed E-state index contributed by atoms with van der Waals surface area (Å²) >= 11 is 5.86. The number of hydrogen-bond acceptors (Lipinski definition) is 5. The smallest absolute Gasteiger partial charge is 0.343 e. The standard InChI is InChI=1S/C22H22ClNO5S/c1-3-4-14-28-22(25)19-15(2)29-21(16-8-6-5-7-9-16)20(19)24-30(26,27)18-12-10-17(23)11-13-18/h5-13,21H,3-4,14H2,1-2H3/b24-20-. The van der Waals surface area contributed by atoms with Gasteiger partial charge in [-0.1, -0.05) is 55.3 Å². The van der Waals surface area contributed by atoms with Gasteiger partial charge in [-0.3, -0.25) is 0 Å². The second kappa shape index (κ2) is 9.45. The lowest BCUT2D eigenvalue weighted by molar-refractivity contribution is -0.138. The molecule has 30 heavy (non-hydrogen) atoms. The monoisotopic (exact) mass is 447 g/mol. The van der Waals surface area contributed by atoms with Crippen LogP contribution >= 0.6 is 11.6 Å². The highest BCUT2D eigenvalue weighted by Crippen LogP contribution is 2.35. The zero-order valence-corrected chi connectivity index (χ0v) is 18.2. The maximum absolute atomic E-state index is 13.0. The number of carbonyl (C=O) groups is 1. The first-order chi connectivity index (χ1) is 14.3.